The third-order valence-corrected chi connectivity index (χ3v) is 4.31. The van der Waals surface area contributed by atoms with Crippen molar-refractivity contribution in [3.8, 4) is 0 Å². The fourth-order valence-electron chi connectivity index (χ4n) is 1.75. The van der Waals surface area contributed by atoms with Crippen molar-refractivity contribution in [2.24, 2.45) is 0 Å². The Bertz CT molecular complexity index is 665. The SMILES string of the molecule is O=S(=O)(NC(CO)CO)c1ccc2ccccc2c1. The van der Waals surface area contributed by atoms with Crippen LogP contribution in [0.3, 0.4) is 0 Å². The molecular formula is C13H15NO4S. The van der Waals surface area contributed by atoms with Crippen molar-refractivity contribution in [3.05, 3.63) is 42.5 Å². The summed E-state index contributed by atoms with van der Waals surface area (Å²) in [4.78, 5) is 0.109. The quantitative estimate of drug-likeness (QED) is 0.743. The predicted molar refractivity (Wildman–Crippen MR) is 72.2 cm³/mol. The molecular weight excluding hydrogens is 266 g/mol. The molecule has 2 aromatic rings. The zero-order valence-corrected chi connectivity index (χ0v) is 11.0. The highest BCUT2D eigenvalue weighted by atomic mass is 32.2. The Kier molecular flexibility index (Phi) is 4.16. The zero-order valence-electron chi connectivity index (χ0n) is 10.2. The average Bonchev–Trinajstić information content (AvgIpc) is 2.44. The lowest BCUT2D eigenvalue weighted by atomic mass is 10.1. The van der Waals surface area contributed by atoms with E-state index < -0.39 is 29.3 Å². The molecule has 0 bridgehead atoms. The van der Waals surface area contributed by atoms with E-state index in [1.54, 1.807) is 12.1 Å². The van der Waals surface area contributed by atoms with Crippen LogP contribution in [0.15, 0.2) is 47.4 Å². The fraction of sp³-hybridized carbons (Fsp3) is 0.231. The van der Waals surface area contributed by atoms with Gasteiger partial charge in [0.25, 0.3) is 0 Å². The van der Waals surface area contributed by atoms with Gasteiger partial charge in [0.1, 0.15) is 0 Å². The highest BCUT2D eigenvalue weighted by Gasteiger charge is 2.19. The van der Waals surface area contributed by atoms with E-state index >= 15 is 0 Å². The third kappa shape index (κ3) is 3.10. The lowest BCUT2D eigenvalue weighted by Crippen LogP contribution is -2.39. The van der Waals surface area contributed by atoms with E-state index in [4.69, 9.17) is 10.2 Å². The Morgan fingerprint density at radius 3 is 2.26 bits per heavy atom. The number of fused-ring (bicyclic) bond motifs is 1. The molecule has 0 aliphatic carbocycles. The first-order chi connectivity index (χ1) is 9.06. The van der Waals surface area contributed by atoms with E-state index in [9.17, 15) is 8.42 Å². The average molecular weight is 281 g/mol. The van der Waals surface area contributed by atoms with Gasteiger partial charge in [-0.3, -0.25) is 0 Å². The Morgan fingerprint density at radius 2 is 1.63 bits per heavy atom. The van der Waals surface area contributed by atoms with Gasteiger partial charge < -0.3 is 10.2 Å². The number of hydrogen-bond acceptors (Lipinski definition) is 4. The van der Waals surface area contributed by atoms with E-state index in [0.717, 1.165) is 10.8 Å². The van der Waals surface area contributed by atoms with Gasteiger partial charge in [-0.1, -0.05) is 30.3 Å². The molecule has 0 aromatic heterocycles. The fourth-order valence-corrected chi connectivity index (χ4v) is 3.01. The van der Waals surface area contributed by atoms with Crippen molar-refractivity contribution >= 4 is 20.8 Å². The number of hydrogen-bond donors (Lipinski definition) is 3. The third-order valence-electron chi connectivity index (χ3n) is 2.79. The lowest BCUT2D eigenvalue weighted by molar-refractivity contribution is 0.185. The van der Waals surface area contributed by atoms with Gasteiger partial charge in [0, 0.05) is 0 Å². The molecule has 19 heavy (non-hydrogen) atoms. The molecule has 0 spiro atoms. The van der Waals surface area contributed by atoms with Gasteiger partial charge >= 0.3 is 0 Å². The molecule has 0 saturated carbocycles. The first-order valence-electron chi connectivity index (χ1n) is 5.79. The van der Waals surface area contributed by atoms with E-state index in [2.05, 4.69) is 4.72 Å². The molecule has 0 aliphatic heterocycles. The molecule has 0 heterocycles. The summed E-state index contributed by atoms with van der Waals surface area (Å²) >= 11 is 0. The molecule has 2 aromatic carbocycles. The van der Waals surface area contributed by atoms with Gasteiger partial charge in [0.15, 0.2) is 0 Å². The number of benzene rings is 2. The van der Waals surface area contributed by atoms with Crippen LogP contribution < -0.4 is 4.72 Å². The van der Waals surface area contributed by atoms with Gasteiger partial charge in [-0.05, 0) is 22.9 Å². The second kappa shape index (κ2) is 5.66. The smallest absolute Gasteiger partial charge is 0.240 e. The minimum atomic E-state index is -3.75. The van der Waals surface area contributed by atoms with E-state index in [1.807, 2.05) is 24.3 Å². The van der Waals surface area contributed by atoms with Crippen molar-refractivity contribution < 1.29 is 18.6 Å². The molecule has 0 fully saturated rings. The first kappa shape index (κ1) is 14.0. The van der Waals surface area contributed by atoms with Crippen LogP contribution in [0, 0.1) is 0 Å². The number of aliphatic hydroxyl groups excluding tert-OH is 2. The monoisotopic (exact) mass is 281 g/mol. The summed E-state index contributed by atoms with van der Waals surface area (Å²) < 4.78 is 26.4. The van der Waals surface area contributed by atoms with E-state index in [1.165, 1.54) is 6.07 Å². The van der Waals surface area contributed by atoms with Crippen LogP contribution in [-0.4, -0.2) is 37.9 Å². The van der Waals surface area contributed by atoms with E-state index in [0.29, 0.717) is 0 Å². The summed E-state index contributed by atoms with van der Waals surface area (Å²) in [7, 11) is -3.75. The van der Waals surface area contributed by atoms with Gasteiger partial charge in [-0.25, -0.2) is 13.1 Å². The van der Waals surface area contributed by atoms with Gasteiger partial charge in [-0.2, -0.15) is 0 Å². The second-order valence-electron chi connectivity index (χ2n) is 4.19. The number of aliphatic hydroxyl groups is 2. The van der Waals surface area contributed by atoms with Crippen LogP contribution in [0.4, 0.5) is 0 Å². The van der Waals surface area contributed by atoms with Crippen molar-refractivity contribution in [2.45, 2.75) is 10.9 Å². The maximum atomic E-state index is 12.1. The number of nitrogens with one attached hydrogen (secondary N) is 1. The minimum Gasteiger partial charge on any atom is -0.395 e. The normalized spacial score (nSPS) is 12.2. The molecule has 6 heteroatoms. The zero-order chi connectivity index (χ0) is 13.9. The maximum absolute atomic E-state index is 12.1. The van der Waals surface area contributed by atoms with Crippen molar-refractivity contribution in [2.75, 3.05) is 13.2 Å². The van der Waals surface area contributed by atoms with Crippen LogP contribution in [0.1, 0.15) is 0 Å². The summed E-state index contributed by atoms with van der Waals surface area (Å²) in [5.41, 5.74) is 0. The lowest BCUT2D eigenvalue weighted by Gasteiger charge is -2.14. The molecule has 0 amide bonds. The minimum absolute atomic E-state index is 0.109. The molecule has 0 atom stereocenters. The molecule has 2 rings (SSSR count). The Labute approximate surface area is 111 Å². The summed E-state index contributed by atoms with van der Waals surface area (Å²) in [6, 6.07) is 11.3. The predicted octanol–water partition coefficient (Wildman–Crippen LogP) is 0.471. The highest BCUT2D eigenvalue weighted by Crippen LogP contribution is 2.18. The maximum Gasteiger partial charge on any atom is 0.240 e. The molecule has 5 nitrogen and oxygen atoms in total. The topological polar surface area (TPSA) is 86.6 Å². The van der Waals surface area contributed by atoms with Gasteiger partial charge in [0.2, 0.25) is 10.0 Å². The largest absolute Gasteiger partial charge is 0.395 e. The molecule has 0 unspecified atom stereocenters. The Hall–Kier alpha value is -1.47. The van der Waals surface area contributed by atoms with Crippen LogP contribution in [0.5, 0.6) is 0 Å². The van der Waals surface area contributed by atoms with Crippen LogP contribution in [0.25, 0.3) is 10.8 Å². The van der Waals surface area contributed by atoms with E-state index in [-0.39, 0.29) is 4.90 Å². The molecule has 0 aliphatic rings. The number of sulfonamides is 1. The molecule has 0 saturated heterocycles. The Balaban J connectivity index is 2.37. The Morgan fingerprint density at radius 1 is 1.00 bits per heavy atom. The van der Waals surface area contributed by atoms with Crippen molar-refractivity contribution in [1.82, 2.24) is 4.72 Å². The highest BCUT2D eigenvalue weighted by molar-refractivity contribution is 7.89. The van der Waals surface area contributed by atoms with Crippen LogP contribution >= 0.6 is 0 Å². The second-order valence-corrected chi connectivity index (χ2v) is 5.91. The number of rotatable bonds is 5. The van der Waals surface area contributed by atoms with Crippen LogP contribution in [0.2, 0.25) is 0 Å². The standard InChI is InChI=1S/C13H15NO4S/c15-8-12(9-16)14-19(17,18)13-6-5-10-3-1-2-4-11(10)7-13/h1-7,12,14-16H,8-9H2. The molecule has 102 valence electrons. The summed E-state index contributed by atoms with van der Waals surface area (Å²) in [5.74, 6) is 0. The summed E-state index contributed by atoms with van der Waals surface area (Å²) in [5, 5.41) is 19.6. The first-order valence-corrected chi connectivity index (χ1v) is 7.28. The van der Waals surface area contributed by atoms with Crippen molar-refractivity contribution in [1.29, 1.82) is 0 Å². The van der Waals surface area contributed by atoms with Gasteiger partial charge in [0.05, 0.1) is 24.2 Å². The molecule has 3 N–H and O–H groups in total. The summed E-state index contributed by atoms with van der Waals surface area (Å²) in [6.45, 7) is -0.910. The van der Waals surface area contributed by atoms with Crippen molar-refractivity contribution in [3.63, 3.8) is 0 Å². The molecule has 0 radical (unpaired) electrons. The van der Waals surface area contributed by atoms with Crippen LogP contribution in [-0.2, 0) is 10.0 Å². The van der Waals surface area contributed by atoms with Gasteiger partial charge in [-0.15, -0.1) is 0 Å². The summed E-state index contributed by atoms with van der Waals surface area (Å²) in [6.07, 6.45) is 0.